The van der Waals surface area contributed by atoms with Crippen molar-refractivity contribution in [3.63, 3.8) is 0 Å². The molecule has 0 aromatic heterocycles. The number of rotatable bonds is 7. The summed E-state index contributed by atoms with van der Waals surface area (Å²) in [6, 6.07) is 6.52. The molecule has 2 heterocycles. The molecule has 1 saturated heterocycles. The van der Waals surface area contributed by atoms with Crippen LogP contribution in [0.2, 0.25) is 0 Å². The van der Waals surface area contributed by atoms with Gasteiger partial charge < -0.3 is 30.1 Å². The Labute approximate surface area is 166 Å². The smallest absolute Gasteiger partial charge is 0.337 e. The Hall–Kier alpha value is -3.40. The van der Waals surface area contributed by atoms with Gasteiger partial charge in [-0.15, -0.1) is 0 Å². The van der Waals surface area contributed by atoms with Crippen molar-refractivity contribution in [2.75, 3.05) is 43.6 Å². The minimum Gasteiger partial charge on any atom is -0.481 e. The largest absolute Gasteiger partial charge is 0.481 e. The molecule has 0 bridgehead atoms. The number of anilines is 2. The van der Waals surface area contributed by atoms with E-state index in [-0.39, 0.29) is 49.8 Å². The van der Waals surface area contributed by atoms with Gasteiger partial charge in [0.1, 0.15) is 5.70 Å². The van der Waals surface area contributed by atoms with Crippen LogP contribution in [0.1, 0.15) is 6.42 Å². The number of hydrogen-bond acceptors (Lipinski definition) is 7. The molecule has 3 N–H and O–H groups in total. The summed E-state index contributed by atoms with van der Waals surface area (Å²) >= 11 is 0. The van der Waals surface area contributed by atoms with Gasteiger partial charge in [-0.2, -0.15) is 0 Å². The number of nitrogens with one attached hydrogen (secondary N) is 1. The molecule has 0 spiro atoms. The Morgan fingerprint density at radius 3 is 2.48 bits per heavy atom. The molecule has 1 aromatic rings. The van der Waals surface area contributed by atoms with Crippen molar-refractivity contribution in [1.29, 1.82) is 0 Å². The van der Waals surface area contributed by atoms with Gasteiger partial charge in [-0.25, -0.2) is 4.79 Å². The zero-order chi connectivity index (χ0) is 21.1. The van der Waals surface area contributed by atoms with Crippen molar-refractivity contribution in [3.05, 3.63) is 35.5 Å². The van der Waals surface area contributed by atoms with E-state index in [4.69, 9.17) is 14.9 Å². The third kappa shape index (κ3) is 4.06. The quantitative estimate of drug-likeness (QED) is 0.533. The van der Waals surface area contributed by atoms with Gasteiger partial charge >= 0.3 is 11.9 Å². The number of benzene rings is 1. The molecule has 1 aromatic carbocycles. The van der Waals surface area contributed by atoms with E-state index < -0.39 is 23.8 Å². The van der Waals surface area contributed by atoms with Crippen LogP contribution >= 0.6 is 0 Å². The molecule has 1 fully saturated rings. The summed E-state index contributed by atoms with van der Waals surface area (Å²) in [6.45, 7) is -0.00679. The van der Waals surface area contributed by atoms with Crippen molar-refractivity contribution >= 4 is 35.1 Å². The van der Waals surface area contributed by atoms with Crippen LogP contribution in [-0.2, 0) is 23.9 Å². The summed E-state index contributed by atoms with van der Waals surface area (Å²) in [5, 5.41) is 21.1. The highest BCUT2D eigenvalue weighted by molar-refractivity contribution is 6.08. The van der Waals surface area contributed by atoms with Crippen LogP contribution in [0.25, 0.3) is 0 Å². The van der Waals surface area contributed by atoms with Crippen molar-refractivity contribution in [1.82, 2.24) is 4.90 Å². The molecule has 29 heavy (non-hydrogen) atoms. The minimum absolute atomic E-state index is 0.0331. The van der Waals surface area contributed by atoms with Gasteiger partial charge in [0, 0.05) is 30.9 Å². The summed E-state index contributed by atoms with van der Waals surface area (Å²) < 4.78 is 4.73. The maximum absolute atomic E-state index is 12.5. The van der Waals surface area contributed by atoms with Crippen molar-refractivity contribution < 1.29 is 34.1 Å². The molecule has 3 rings (SSSR count). The van der Waals surface area contributed by atoms with E-state index in [1.54, 1.807) is 24.3 Å². The van der Waals surface area contributed by atoms with E-state index in [0.717, 1.165) is 0 Å². The molecule has 2 amide bonds. The highest BCUT2D eigenvalue weighted by Gasteiger charge is 2.36. The summed E-state index contributed by atoms with van der Waals surface area (Å²) in [5.74, 6) is -3.07. The number of esters is 1. The Morgan fingerprint density at radius 2 is 1.93 bits per heavy atom. The first kappa shape index (κ1) is 20.3. The Kier molecular flexibility index (Phi) is 5.83. The molecular weight excluding hydrogens is 382 g/mol. The summed E-state index contributed by atoms with van der Waals surface area (Å²) in [4.78, 5) is 50.4. The predicted molar refractivity (Wildman–Crippen MR) is 101 cm³/mol. The fourth-order valence-corrected chi connectivity index (χ4v) is 3.34. The first-order valence-corrected chi connectivity index (χ1v) is 8.97. The van der Waals surface area contributed by atoms with Gasteiger partial charge in [-0.05, 0) is 24.3 Å². The number of hydrogen-bond donors (Lipinski definition) is 3. The second-order valence-corrected chi connectivity index (χ2v) is 6.71. The van der Waals surface area contributed by atoms with Crippen LogP contribution in [0.5, 0.6) is 0 Å². The highest BCUT2D eigenvalue weighted by Crippen LogP contribution is 2.28. The van der Waals surface area contributed by atoms with Crippen LogP contribution < -0.4 is 10.2 Å². The molecule has 10 nitrogen and oxygen atoms in total. The van der Waals surface area contributed by atoms with Crippen molar-refractivity contribution in [3.8, 4) is 0 Å². The highest BCUT2D eigenvalue weighted by atomic mass is 16.5. The van der Waals surface area contributed by atoms with Crippen molar-refractivity contribution in [2.24, 2.45) is 5.92 Å². The molecule has 0 aliphatic carbocycles. The lowest BCUT2D eigenvalue weighted by atomic mass is 10.1. The molecule has 154 valence electrons. The molecule has 1 atom stereocenters. The monoisotopic (exact) mass is 403 g/mol. The van der Waals surface area contributed by atoms with E-state index in [9.17, 15) is 19.2 Å². The number of carboxylic acids is 1. The normalized spacial score (nSPS) is 19.2. The number of ether oxygens (including phenoxy) is 1. The van der Waals surface area contributed by atoms with E-state index in [1.165, 1.54) is 16.9 Å². The number of carbonyl (C=O) groups excluding carboxylic acids is 3. The van der Waals surface area contributed by atoms with Crippen LogP contribution in [0.15, 0.2) is 35.5 Å². The number of aliphatic hydroxyl groups is 1. The number of aliphatic carboxylic acids is 1. The maximum Gasteiger partial charge on any atom is 0.337 e. The zero-order valence-corrected chi connectivity index (χ0v) is 15.8. The van der Waals surface area contributed by atoms with Gasteiger partial charge in [0.25, 0.3) is 5.91 Å². The summed E-state index contributed by atoms with van der Waals surface area (Å²) in [5.41, 5.74) is 1.28. The molecular formula is C19H21N3O7. The topological polar surface area (TPSA) is 136 Å². The van der Waals surface area contributed by atoms with E-state index >= 15 is 0 Å². The minimum atomic E-state index is -1.01. The average molecular weight is 403 g/mol. The standard InChI is InChI=1S/C19H21N3O7/c1-29-19(28)14-10-21(6-7-23)17(25)16(14)20-12-2-4-13(5-3-12)22-9-11(18(26)27)8-15(22)24/h2-5,11,20,23H,6-10H2,1H3,(H,26,27). The average Bonchev–Trinajstić information content (AvgIpc) is 3.24. The van der Waals surface area contributed by atoms with Gasteiger partial charge in [0.05, 0.1) is 31.8 Å². The Balaban J connectivity index is 1.78. The number of methoxy groups -OCH3 is 1. The van der Waals surface area contributed by atoms with E-state index in [1.807, 2.05) is 0 Å². The van der Waals surface area contributed by atoms with Gasteiger partial charge in [0.2, 0.25) is 5.91 Å². The first-order valence-electron chi connectivity index (χ1n) is 8.97. The predicted octanol–water partition coefficient (Wildman–Crippen LogP) is -0.202. The maximum atomic E-state index is 12.5. The molecule has 0 saturated carbocycles. The second-order valence-electron chi connectivity index (χ2n) is 6.71. The Bertz CT molecular complexity index is 878. The number of carbonyl (C=O) groups is 4. The first-order chi connectivity index (χ1) is 13.8. The fraction of sp³-hybridized carbons (Fsp3) is 0.368. The lowest BCUT2D eigenvalue weighted by Crippen LogP contribution is -2.31. The van der Waals surface area contributed by atoms with Crippen molar-refractivity contribution in [2.45, 2.75) is 6.42 Å². The fourth-order valence-electron chi connectivity index (χ4n) is 3.34. The third-order valence-corrected chi connectivity index (χ3v) is 4.88. The summed E-state index contributed by atoms with van der Waals surface area (Å²) in [7, 11) is 1.22. The SMILES string of the molecule is COC(=O)C1=C(Nc2ccc(N3CC(C(=O)O)CC3=O)cc2)C(=O)N(CCO)C1. The number of amides is 2. The molecule has 0 radical (unpaired) electrons. The summed E-state index contributed by atoms with van der Waals surface area (Å²) in [6.07, 6.45) is -0.0418. The molecule has 2 aliphatic heterocycles. The van der Waals surface area contributed by atoms with Gasteiger partial charge in [-0.1, -0.05) is 0 Å². The van der Waals surface area contributed by atoms with Gasteiger partial charge in [0.15, 0.2) is 0 Å². The number of nitrogens with zero attached hydrogens (tertiary/aromatic N) is 2. The van der Waals surface area contributed by atoms with Crippen LogP contribution in [-0.4, -0.2) is 72.2 Å². The lowest BCUT2D eigenvalue weighted by Gasteiger charge is -2.17. The van der Waals surface area contributed by atoms with E-state index in [0.29, 0.717) is 11.4 Å². The lowest BCUT2D eigenvalue weighted by molar-refractivity contribution is -0.141. The molecule has 1 unspecified atom stereocenters. The van der Waals surface area contributed by atoms with Crippen LogP contribution in [0.4, 0.5) is 11.4 Å². The molecule has 2 aliphatic rings. The third-order valence-electron chi connectivity index (χ3n) is 4.88. The van der Waals surface area contributed by atoms with Crippen LogP contribution in [0, 0.1) is 5.92 Å². The zero-order valence-electron chi connectivity index (χ0n) is 15.8. The van der Waals surface area contributed by atoms with Gasteiger partial charge in [-0.3, -0.25) is 14.4 Å². The van der Waals surface area contributed by atoms with E-state index in [2.05, 4.69) is 5.32 Å². The Morgan fingerprint density at radius 1 is 1.24 bits per heavy atom. The number of carboxylic acid groups (broad SMARTS) is 1. The number of aliphatic hydroxyl groups excluding tert-OH is 1. The second kappa shape index (κ2) is 8.31. The van der Waals surface area contributed by atoms with Crippen LogP contribution in [0.3, 0.4) is 0 Å². The molecule has 10 heteroatoms. The number of β-amino-alcohol motifs (C(OH)–C–C–N with tert-alkyl or cyclic N) is 1.